The lowest BCUT2D eigenvalue weighted by molar-refractivity contribution is 0.170. The predicted octanol–water partition coefficient (Wildman–Crippen LogP) is 4.71. The lowest BCUT2D eigenvalue weighted by Gasteiger charge is -2.23. The molecule has 2 aromatic carbocycles. The third-order valence-electron chi connectivity index (χ3n) is 6.32. The van der Waals surface area contributed by atoms with Gasteiger partial charge in [0.2, 0.25) is 0 Å². The van der Waals surface area contributed by atoms with Crippen molar-refractivity contribution in [2.45, 2.75) is 42.7 Å². The highest BCUT2D eigenvalue weighted by Gasteiger charge is 2.22. The summed E-state index contributed by atoms with van der Waals surface area (Å²) in [5.74, 6) is 0.928. The number of aliphatic hydroxyl groups excluding tert-OH is 1. The monoisotopic (exact) mass is 511 g/mol. The molecule has 0 saturated carbocycles. The van der Waals surface area contributed by atoms with Gasteiger partial charge in [0.1, 0.15) is 16.6 Å². The van der Waals surface area contributed by atoms with E-state index in [0.29, 0.717) is 24.4 Å². The van der Waals surface area contributed by atoms with E-state index in [1.54, 1.807) is 41.8 Å². The number of benzene rings is 2. The van der Waals surface area contributed by atoms with Crippen LogP contribution in [0.2, 0.25) is 0 Å². The fourth-order valence-corrected chi connectivity index (χ4v) is 6.57. The Morgan fingerprint density at radius 1 is 1.20 bits per heavy atom. The fraction of sp³-hybridized carbons (Fsp3) is 0.308. The fourth-order valence-electron chi connectivity index (χ4n) is 4.53. The predicted molar refractivity (Wildman–Crippen MR) is 140 cm³/mol. The van der Waals surface area contributed by atoms with Gasteiger partial charge in [0, 0.05) is 29.9 Å². The van der Waals surface area contributed by atoms with E-state index in [0.717, 1.165) is 29.0 Å². The van der Waals surface area contributed by atoms with E-state index in [1.165, 1.54) is 10.9 Å². The largest absolute Gasteiger partial charge is 0.489 e. The molecule has 0 spiro atoms. The Hall–Kier alpha value is -2.85. The number of hydrogen-bond donors (Lipinski definition) is 3. The number of aliphatic hydroxyl groups is 1. The van der Waals surface area contributed by atoms with Gasteiger partial charge in [-0.1, -0.05) is 30.3 Å². The van der Waals surface area contributed by atoms with Crippen molar-refractivity contribution in [2.24, 2.45) is 0 Å². The van der Waals surface area contributed by atoms with Gasteiger partial charge in [0.25, 0.3) is 10.0 Å². The molecule has 0 fully saturated rings. The van der Waals surface area contributed by atoms with Gasteiger partial charge in [0.15, 0.2) is 0 Å². The van der Waals surface area contributed by atoms with E-state index >= 15 is 0 Å². The number of rotatable bonds is 9. The molecule has 184 valence electrons. The highest BCUT2D eigenvalue weighted by atomic mass is 32.2. The lowest BCUT2D eigenvalue weighted by Crippen LogP contribution is -2.32. The lowest BCUT2D eigenvalue weighted by atomic mass is 10.0. The van der Waals surface area contributed by atoms with E-state index in [-0.39, 0.29) is 16.3 Å². The second-order valence-electron chi connectivity index (χ2n) is 9.07. The number of sulfonamides is 1. The van der Waals surface area contributed by atoms with Gasteiger partial charge in [-0.25, -0.2) is 8.42 Å². The van der Waals surface area contributed by atoms with Crippen molar-refractivity contribution in [3.63, 3.8) is 0 Å². The molecule has 1 aliphatic heterocycles. The molecular weight excluding hydrogens is 482 g/mol. The van der Waals surface area contributed by atoms with Crippen LogP contribution in [-0.4, -0.2) is 37.3 Å². The van der Waals surface area contributed by atoms with Crippen LogP contribution >= 0.6 is 11.3 Å². The molecule has 7 nitrogen and oxygen atoms in total. The molecule has 4 aromatic rings. The van der Waals surface area contributed by atoms with E-state index in [9.17, 15) is 13.5 Å². The van der Waals surface area contributed by atoms with Crippen molar-refractivity contribution in [1.29, 1.82) is 0 Å². The first kappa shape index (κ1) is 23.9. The SMILES string of the molecule is CC1COc2cccc3c(C[C@@H](C)NC[C@H](O)c4cccc(NS(=O)(=O)c5cccs5)c4)cn1c23. The van der Waals surface area contributed by atoms with Crippen LogP contribution in [0, 0.1) is 0 Å². The number of ether oxygens (including phenoxy) is 1. The third-order valence-corrected chi connectivity index (χ3v) is 9.10. The molecule has 0 bridgehead atoms. The minimum absolute atomic E-state index is 0.129. The van der Waals surface area contributed by atoms with Crippen molar-refractivity contribution >= 4 is 38.0 Å². The Morgan fingerprint density at radius 3 is 2.83 bits per heavy atom. The van der Waals surface area contributed by atoms with Crippen LogP contribution in [0.25, 0.3) is 10.9 Å². The van der Waals surface area contributed by atoms with Crippen molar-refractivity contribution in [2.75, 3.05) is 17.9 Å². The van der Waals surface area contributed by atoms with Crippen molar-refractivity contribution < 1.29 is 18.3 Å². The zero-order chi connectivity index (χ0) is 24.6. The standard InChI is InChI=1S/C26H29N3O4S2/c1-17(12-20-15-29-18(2)16-33-24-9-4-8-22(20)26(24)29)27-14-23(30)19-6-3-7-21(13-19)28-35(31,32)25-10-5-11-34-25/h3-11,13,15,17-18,23,27-28,30H,12,14,16H2,1-2H3/t17-,18?,23+/m1/s1. The van der Waals surface area contributed by atoms with E-state index in [2.05, 4.69) is 40.7 Å². The molecule has 1 aliphatic rings. The minimum Gasteiger partial charge on any atom is -0.489 e. The van der Waals surface area contributed by atoms with Gasteiger partial charge in [-0.05, 0) is 61.0 Å². The molecule has 3 N–H and O–H groups in total. The first-order chi connectivity index (χ1) is 16.8. The van der Waals surface area contributed by atoms with E-state index in [4.69, 9.17) is 4.74 Å². The number of para-hydroxylation sites is 1. The minimum atomic E-state index is -3.63. The molecule has 3 atom stereocenters. The average molecular weight is 512 g/mol. The number of thiophene rings is 1. The van der Waals surface area contributed by atoms with Crippen LogP contribution in [0.4, 0.5) is 5.69 Å². The first-order valence-corrected chi connectivity index (χ1v) is 14.0. The molecule has 1 unspecified atom stereocenters. The molecule has 5 rings (SSSR count). The maximum atomic E-state index is 12.5. The average Bonchev–Trinajstić information content (AvgIpc) is 3.51. The van der Waals surface area contributed by atoms with Crippen molar-refractivity contribution in [3.8, 4) is 5.75 Å². The first-order valence-electron chi connectivity index (χ1n) is 11.6. The number of nitrogens with one attached hydrogen (secondary N) is 2. The maximum Gasteiger partial charge on any atom is 0.271 e. The quantitative estimate of drug-likeness (QED) is 0.303. The Bertz CT molecular complexity index is 1430. The number of nitrogens with zero attached hydrogens (tertiary/aromatic N) is 1. The van der Waals surface area contributed by atoms with Gasteiger partial charge < -0.3 is 19.7 Å². The van der Waals surface area contributed by atoms with Gasteiger partial charge in [-0.15, -0.1) is 11.3 Å². The molecule has 0 saturated heterocycles. The molecule has 9 heteroatoms. The molecule has 35 heavy (non-hydrogen) atoms. The number of aromatic nitrogens is 1. The summed E-state index contributed by atoms with van der Waals surface area (Å²) >= 11 is 1.16. The van der Waals surface area contributed by atoms with E-state index in [1.807, 2.05) is 12.1 Å². The smallest absolute Gasteiger partial charge is 0.271 e. The second kappa shape index (κ2) is 9.66. The summed E-state index contributed by atoms with van der Waals surface area (Å²) < 4.78 is 36.1. The zero-order valence-electron chi connectivity index (χ0n) is 19.6. The molecule has 3 heterocycles. The Kier molecular flexibility index (Phi) is 6.59. The second-order valence-corrected chi connectivity index (χ2v) is 11.9. The molecule has 0 aliphatic carbocycles. The summed E-state index contributed by atoms with van der Waals surface area (Å²) in [6, 6.07) is 16.8. The summed E-state index contributed by atoms with van der Waals surface area (Å²) in [5.41, 5.74) is 3.47. The van der Waals surface area contributed by atoms with Gasteiger partial charge in [-0.3, -0.25) is 4.72 Å². The third kappa shape index (κ3) is 4.95. The van der Waals surface area contributed by atoms with Crippen LogP contribution < -0.4 is 14.8 Å². The highest BCUT2D eigenvalue weighted by Crippen LogP contribution is 2.36. The molecule has 0 amide bonds. The number of hydrogen-bond acceptors (Lipinski definition) is 6. The maximum absolute atomic E-state index is 12.5. The van der Waals surface area contributed by atoms with Gasteiger partial charge >= 0.3 is 0 Å². The van der Waals surface area contributed by atoms with Crippen LogP contribution in [-0.2, 0) is 16.4 Å². The van der Waals surface area contributed by atoms with Crippen molar-refractivity contribution in [3.05, 3.63) is 77.3 Å². The highest BCUT2D eigenvalue weighted by molar-refractivity contribution is 7.94. The normalized spacial score (nSPS) is 17.2. The Balaban J connectivity index is 1.23. The summed E-state index contributed by atoms with van der Waals surface area (Å²) in [6.07, 6.45) is 2.26. The van der Waals surface area contributed by atoms with Crippen LogP contribution in [0.5, 0.6) is 5.75 Å². The molecular formula is C26H29N3O4S2. The van der Waals surface area contributed by atoms with Crippen LogP contribution in [0.15, 0.2) is 70.4 Å². The van der Waals surface area contributed by atoms with Crippen molar-refractivity contribution in [1.82, 2.24) is 9.88 Å². The van der Waals surface area contributed by atoms with E-state index < -0.39 is 16.1 Å². The topological polar surface area (TPSA) is 92.6 Å². The number of anilines is 1. The summed E-state index contributed by atoms with van der Waals surface area (Å²) in [5, 5.41) is 17.1. The summed E-state index contributed by atoms with van der Waals surface area (Å²) in [6.45, 7) is 5.28. The van der Waals surface area contributed by atoms with Gasteiger partial charge in [0.05, 0.1) is 17.7 Å². The summed E-state index contributed by atoms with van der Waals surface area (Å²) in [4.78, 5) is 0. The Morgan fingerprint density at radius 2 is 2.03 bits per heavy atom. The summed E-state index contributed by atoms with van der Waals surface area (Å²) in [7, 11) is -3.63. The zero-order valence-corrected chi connectivity index (χ0v) is 21.3. The molecule has 0 radical (unpaired) electrons. The molecule has 2 aromatic heterocycles. The van der Waals surface area contributed by atoms with Gasteiger partial charge in [-0.2, -0.15) is 0 Å². The van der Waals surface area contributed by atoms with Crippen LogP contribution in [0.1, 0.15) is 37.1 Å². The Labute approximate surface area is 209 Å². The van der Waals surface area contributed by atoms with Crippen LogP contribution in [0.3, 0.4) is 0 Å².